The summed E-state index contributed by atoms with van der Waals surface area (Å²) >= 11 is 19.9. The molecule has 1 amide bonds. The van der Waals surface area contributed by atoms with Crippen molar-refractivity contribution in [1.29, 1.82) is 0 Å². The third-order valence-corrected chi connectivity index (χ3v) is 7.06. The van der Waals surface area contributed by atoms with E-state index < -0.39 is 0 Å². The predicted octanol–water partition coefficient (Wildman–Crippen LogP) is 8.60. The number of benzene rings is 3. The maximum atomic E-state index is 12.9. The first-order valence-electron chi connectivity index (χ1n) is 10.5. The Bertz CT molecular complexity index is 1360. The Labute approximate surface area is 218 Å². The highest BCUT2D eigenvalue weighted by Crippen LogP contribution is 2.41. The summed E-state index contributed by atoms with van der Waals surface area (Å²) in [6.07, 6.45) is 3.81. The summed E-state index contributed by atoms with van der Waals surface area (Å²) in [5.74, 6) is -0.203. The molecule has 0 radical (unpaired) electrons. The minimum atomic E-state index is -0.203. The number of fused-ring (bicyclic) bond motifs is 2. The molecule has 1 aliphatic rings. The van der Waals surface area contributed by atoms with Gasteiger partial charge in [0, 0.05) is 42.5 Å². The van der Waals surface area contributed by atoms with E-state index in [4.69, 9.17) is 39.8 Å². The van der Waals surface area contributed by atoms with Crippen molar-refractivity contribution >= 4 is 63.9 Å². The molecule has 0 fully saturated rings. The molecule has 3 aromatic rings. The molecule has 1 N–H and O–H groups in total. The van der Waals surface area contributed by atoms with Crippen LogP contribution in [0, 0.1) is 0 Å². The highest BCUT2D eigenvalue weighted by molar-refractivity contribution is 7.99. The van der Waals surface area contributed by atoms with Gasteiger partial charge in [-0.3, -0.25) is 4.79 Å². The minimum Gasteiger partial charge on any atom is -0.348 e. The van der Waals surface area contributed by atoms with E-state index in [1.165, 1.54) is 0 Å². The van der Waals surface area contributed by atoms with Gasteiger partial charge in [-0.1, -0.05) is 76.9 Å². The first-order chi connectivity index (χ1) is 16.3. The van der Waals surface area contributed by atoms with Crippen LogP contribution in [0.2, 0.25) is 10.0 Å². The number of aliphatic imine (C=N–C) groups is 1. The standard InChI is InChI=1S/C27H21Cl3N2OS/c1-16(7-8-17(2)28)26-21-5-3-4-6-24(21)34-25-12-10-18(13-23(25)32-26)27(33)31-15-19-9-11-20(29)14-22(19)30/h3-14H,15H2,1-2H3,(H,31,33)/b16-7+,17-8+. The topological polar surface area (TPSA) is 41.5 Å². The predicted molar refractivity (Wildman–Crippen MR) is 144 cm³/mol. The molecule has 1 heterocycles. The summed E-state index contributed by atoms with van der Waals surface area (Å²) in [4.78, 5) is 20.0. The molecule has 0 aromatic heterocycles. The average Bonchev–Trinajstić information content (AvgIpc) is 2.98. The van der Waals surface area contributed by atoms with Crippen LogP contribution >= 0.6 is 46.6 Å². The smallest absolute Gasteiger partial charge is 0.251 e. The molecule has 0 saturated heterocycles. The third-order valence-electron chi connectivity index (χ3n) is 5.21. The molecule has 172 valence electrons. The van der Waals surface area contributed by atoms with E-state index in [1.807, 2.05) is 56.3 Å². The number of nitrogens with zero attached hydrogens (tertiary/aromatic N) is 1. The molecular formula is C27H21Cl3N2OS. The highest BCUT2D eigenvalue weighted by Gasteiger charge is 2.19. The molecule has 0 atom stereocenters. The van der Waals surface area contributed by atoms with E-state index in [0.717, 1.165) is 37.9 Å². The number of nitrogens with one attached hydrogen (secondary N) is 1. The van der Waals surface area contributed by atoms with Gasteiger partial charge in [0.15, 0.2) is 0 Å². The van der Waals surface area contributed by atoms with Gasteiger partial charge >= 0.3 is 0 Å². The maximum absolute atomic E-state index is 12.9. The zero-order valence-corrected chi connectivity index (χ0v) is 21.6. The molecule has 0 bridgehead atoms. The van der Waals surface area contributed by atoms with Crippen molar-refractivity contribution in [3.63, 3.8) is 0 Å². The fourth-order valence-electron chi connectivity index (χ4n) is 3.44. The SMILES string of the molecule is C/C(Cl)=C\C=C(/C)C1=Nc2cc(C(=O)NCc3ccc(Cl)cc3Cl)ccc2Sc2ccccc21. The second kappa shape index (κ2) is 10.8. The van der Waals surface area contributed by atoms with Crippen LogP contribution in [-0.2, 0) is 6.54 Å². The van der Waals surface area contributed by atoms with Crippen molar-refractivity contribution in [2.75, 3.05) is 0 Å². The van der Waals surface area contributed by atoms with E-state index in [2.05, 4.69) is 17.4 Å². The van der Waals surface area contributed by atoms with Crippen molar-refractivity contribution < 1.29 is 4.79 Å². The molecule has 7 heteroatoms. The Balaban J connectivity index is 1.67. The highest BCUT2D eigenvalue weighted by atomic mass is 35.5. The number of amides is 1. The van der Waals surface area contributed by atoms with E-state index >= 15 is 0 Å². The molecule has 4 rings (SSSR count). The van der Waals surface area contributed by atoms with Gasteiger partial charge in [0.1, 0.15) is 0 Å². The van der Waals surface area contributed by atoms with Gasteiger partial charge in [0.05, 0.1) is 11.4 Å². The van der Waals surface area contributed by atoms with Gasteiger partial charge in [-0.15, -0.1) is 0 Å². The van der Waals surface area contributed by atoms with Gasteiger partial charge in [0.25, 0.3) is 5.91 Å². The lowest BCUT2D eigenvalue weighted by atomic mass is 10.0. The maximum Gasteiger partial charge on any atom is 0.251 e. The van der Waals surface area contributed by atoms with Crippen molar-refractivity contribution in [3.05, 3.63) is 110 Å². The van der Waals surface area contributed by atoms with Gasteiger partial charge in [-0.05, 0) is 67.5 Å². The Morgan fingerprint density at radius 3 is 2.56 bits per heavy atom. The Morgan fingerprint density at radius 2 is 1.79 bits per heavy atom. The fraction of sp³-hybridized carbons (Fsp3) is 0.111. The fourth-order valence-corrected chi connectivity index (χ4v) is 4.99. The van der Waals surface area contributed by atoms with Crippen LogP contribution in [0.4, 0.5) is 5.69 Å². The zero-order valence-electron chi connectivity index (χ0n) is 18.5. The molecule has 0 unspecified atom stereocenters. The number of allylic oxidation sites excluding steroid dienone is 4. The molecular weight excluding hydrogens is 507 g/mol. The second-order valence-electron chi connectivity index (χ2n) is 7.76. The molecule has 0 spiro atoms. The monoisotopic (exact) mass is 526 g/mol. The van der Waals surface area contributed by atoms with E-state index in [1.54, 1.807) is 30.0 Å². The van der Waals surface area contributed by atoms with Crippen LogP contribution in [0.25, 0.3) is 0 Å². The first-order valence-corrected chi connectivity index (χ1v) is 12.5. The van der Waals surface area contributed by atoms with Crippen LogP contribution < -0.4 is 5.32 Å². The molecule has 0 saturated carbocycles. The average molecular weight is 528 g/mol. The normalized spacial score (nSPS) is 13.5. The quantitative estimate of drug-likeness (QED) is 0.337. The molecule has 0 aliphatic carbocycles. The number of halogens is 3. The van der Waals surface area contributed by atoms with E-state index in [0.29, 0.717) is 27.2 Å². The van der Waals surface area contributed by atoms with Gasteiger partial charge in [-0.2, -0.15) is 0 Å². The lowest BCUT2D eigenvalue weighted by Gasteiger charge is -2.09. The molecule has 3 aromatic carbocycles. The van der Waals surface area contributed by atoms with E-state index in [-0.39, 0.29) is 5.91 Å². The summed E-state index contributed by atoms with van der Waals surface area (Å²) in [7, 11) is 0. The Hall–Kier alpha value is -2.50. The van der Waals surface area contributed by atoms with Gasteiger partial charge < -0.3 is 5.32 Å². The summed E-state index contributed by atoms with van der Waals surface area (Å²) in [5.41, 5.74) is 4.93. The number of hydrogen-bond donors (Lipinski definition) is 1. The Morgan fingerprint density at radius 1 is 1.00 bits per heavy atom. The van der Waals surface area contributed by atoms with Crippen LogP contribution in [0.1, 0.15) is 35.3 Å². The zero-order chi connectivity index (χ0) is 24.2. The van der Waals surface area contributed by atoms with Crippen molar-refractivity contribution in [2.24, 2.45) is 4.99 Å². The van der Waals surface area contributed by atoms with Gasteiger partial charge in [-0.25, -0.2) is 4.99 Å². The number of carbonyl (C=O) groups excluding carboxylic acids is 1. The van der Waals surface area contributed by atoms with Crippen LogP contribution in [-0.4, -0.2) is 11.6 Å². The first kappa shape index (κ1) is 24.6. The van der Waals surface area contributed by atoms with Crippen LogP contribution in [0.15, 0.2) is 98.2 Å². The van der Waals surface area contributed by atoms with Gasteiger partial charge in [0.2, 0.25) is 0 Å². The number of carbonyl (C=O) groups is 1. The lowest BCUT2D eigenvalue weighted by molar-refractivity contribution is 0.0951. The number of rotatable bonds is 5. The van der Waals surface area contributed by atoms with Crippen molar-refractivity contribution in [1.82, 2.24) is 5.32 Å². The third kappa shape index (κ3) is 5.76. The summed E-state index contributed by atoms with van der Waals surface area (Å²) in [6.45, 7) is 4.14. The van der Waals surface area contributed by atoms with E-state index in [9.17, 15) is 4.79 Å². The molecule has 34 heavy (non-hydrogen) atoms. The minimum absolute atomic E-state index is 0.203. The molecule has 3 nitrogen and oxygen atoms in total. The van der Waals surface area contributed by atoms with Crippen LogP contribution in [0.3, 0.4) is 0 Å². The van der Waals surface area contributed by atoms with Crippen molar-refractivity contribution in [3.8, 4) is 0 Å². The lowest BCUT2D eigenvalue weighted by Crippen LogP contribution is -2.22. The number of hydrogen-bond acceptors (Lipinski definition) is 3. The van der Waals surface area contributed by atoms with Crippen LogP contribution in [0.5, 0.6) is 0 Å². The summed E-state index contributed by atoms with van der Waals surface area (Å²) in [6, 6.07) is 18.9. The molecule has 1 aliphatic heterocycles. The van der Waals surface area contributed by atoms with Crippen molar-refractivity contribution in [2.45, 2.75) is 30.2 Å². The Kier molecular flexibility index (Phi) is 7.84. The second-order valence-corrected chi connectivity index (χ2v) is 10.3. The summed E-state index contributed by atoms with van der Waals surface area (Å²) in [5, 5.41) is 4.69. The largest absolute Gasteiger partial charge is 0.348 e. The summed E-state index contributed by atoms with van der Waals surface area (Å²) < 4.78 is 0.